The number of hydrogen-bond acceptors (Lipinski definition) is 2. The number of rotatable bonds is 8. The molecule has 0 bridgehead atoms. The molecule has 0 spiro atoms. The van der Waals surface area contributed by atoms with Crippen LogP contribution in [-0.4, -0.2) is 22.5 Å². The van der Waals surface area contributed by atoms with Crippen molar-refractivity contribution < 1.29 is 8.60 Å². The van der Waals surface area contributed by atoms with Crippen LogP contribution in [0.15, 0.2) is 29.2 Å². The molecule has 102 valence electrons. The third-order valence-corrected chi connectivity index (χ3v) is 4.27. The zero-order valence-corrected chi connectivity index (χ0v) is 11.9. The third kappa shape index (κ3) is 5.27. The van der Waals surface area contributed by atoms with Gasteiger partial charge < -0.3 is 5.32 Å². The van der Waals surface area contributed by atoms with Crippen LogP contribution in [0.4, 0.5) is 4.39 Å². The summed E-state index contributed by atoms with van der Waals surface area (Å²) in [5.74, 6) is 0.159. The van der Waals surface area contributed by atoms with E-state index in [0.717, 1.165) is 25.8 Å². The molecule has 2 nitrogen and oxygen atoms in total. The molecule has 1 N–H and O–H groups in total. The Bertz CT molecular complexity index is 384. The molecule has 0 radical (unpaired) electrons. The van der Waals surface area contributed by atoms with E-state index in [4.69, 9.17) is 0 Å². The summed E-state index contributed by atoms with van der Waals surface area (Å²) in [6.07, 6.45) is 2.94. The van der Waals surface area contributed by atoms with Gasteiger partial charge in [0.05, 0.1) is 15.7 Å². The minimum Gasteiger partial charge on any atom is -0.314 e. The molecule has 1 aromatic carbocycles. The van der Waals surface area contributed by atoms with Crippen LogP contribution < -0.4 is 5.32 Å². The summed E-state index contributed by atoms with van der Waals surface area (Å²) in [6, 6.07) is 6.74. The highest BCUT2D eigenvalue weighted by Gasteiger charge is 2.09. The Morgan fingerprint density at radius 1 is 1.39 bits per heavy atom. The SMILES string of the molecule is CCCNC(C)CCCS(=O)c1ccccc1F. The maximum atomic E-state index is 13.4. The highest BCUT2D eigenvalue weighted by molar-refractivity contribution is 7.85. The Balaban J connectivity index is 2.32. The maximum Gasteiger partial charge on any atom is 0.139 e. The molecule has 0 aromatic heterocycles. The highest BCUT2D eigenvalue weighted by Crippen LogP contribution is 2.13. The Hall–Kier alpha value is -0.740. The Morgan fingerprint density at radius 2 is 2.11 bits per heavy atom. The second kappa shape index (κ2) is 8.38. The molecular formula is C14H22FNOS. The van der Waals surface area contributed by atoms with E-state index < -0.39 is 10.8 Å². The first-order valence-corrected chi connectivity index (χ1v) is 7.83. The molecule has 18 heavy (non-hydrogen) atoms. The van der Waals surface area contributed by atoms with E-state index in [2.05, 4.69) is 19.2 Å². The zero-order chi connectivity index (χ0) is 13.4. The molecule has 2 unspecified atom stereocenters. The van der Waals surface area contributed by atoms with Crippen molar-refractivity contribution >= 4 is 10.8 Å². The lowest BCUT2D eigenvalue weighted by atomic mass is 10.2. The lowest BCUT2D eigenvalue weighted by Crippen LogP contribution is -2.26. The quantitative estimate of drug-likeness (QED) is 0.787. The fraction of sp³-hybridized carbons (Fsp3) is 0.571. The van der Waals surface area contributed by atoms with Gasteiger partial charge in [-0.25, -0.2) is 4.39 Å². The Labute approximate surface area is 111 Å². The number of benzene rings is 1. The van der Waals surface area contributed by atoms with Crippen LogP contribution in [0.25, 0.3) is 0 Å². The summed E-state index contributed by atoms with van der Waals surface area (Å²) in [4.78, 5) is 0.326. The van der Waals surface area contributed by atoms with Crippen molar-refractivity contribution in [3.05, 3.63) is 30.1 Å². The van der Waals surface area contributed by atoms with Crippen molar-refractivity contribution in [2.75, 3.05) is 12.3 Å². The van der Waals surface area contributed by atoms with Crippen molar-refractivity contribution in [1.29, 1.82) is 0 Å². The topological polar surface area (TPSA) is 29.1 Å². The molecule has 0 saturated carbocycles. The third-order valence-electron chi connectivity index (χ3n) is 2.79. The Morgan fingerprint density at radius 3 is 2.78 bits per heavy atom. The first-order chi connectivity index (χ1) is 8.65. The van der Waals surface area contributed by atoms with Crippen molar-refractivity contribution in [2.24, 2.45) is 0 Å². The van der Waals surface area contributed by atoms with Gasteiger partial charge in [-0.15, -0.1) is 0 Å². The van der Waals surface area contributed by atoms with Crippen LogP contribution >= 0.6 is 0 Å². The summed E-state index contributed by atoms with van der Waals surface area (Å²) in [5, 5.41) is 3.38. The molecule has 0 aliphatic carbocycles. The minimum atomic E-state index is -1.22. The van der Waals surface area contributed by atoms with Crippen molar-refractivity contribution in [3.8, 4) is 0 Å². The van der Waals surface area contributed by atoms with Gasteiger partial charge in [0, 0.05) is 11.8 Å². The van der Waals surface area contributed by atoms with Gasteiger partial charge in [-0.2, -0.15) is 0 Å². The van der Waals surface area contributed by atoms with Gasteiger partial charge in [-0.05, 0) is 44.9 Å². The molecule has 1 rings (SSSR count). The van der Waals surface area contributed by atoms with Gasteiger partial charge in [0.25, 0.3) is 0 Å². The molecule has 2 atom stereocenters. The van der Waals surface area contributed by atoms with E-state index in [9.17, 15) is 8.60 Å². The van der Waals surface area contributed by atoms with Gasteiger partial charge in [0.15, 0.2) is 0 Å². The highest BCUT2D eigenvalue weighted by atomic mass is 32.2. The van der Waals surface area contributed by atoms with E-state index >= 15 is 0 Å². The summed E-state index contributed by atoms with van der Waals surface area (Å²) in [7, 11) is -1.22. The first kappa shape index (κ1) is 15.3. The second-order valence-electron chi connectivity index (χ2n) is 4.48. The molecule has 0 aliphatic heterocycles. The van der Waals surface area contributed by atoms with Crippen molar-refractivity contribution in [3.63, 3.8) is 0 Å². The average Bonchev–Trinajstić information content (AvgIpc) is 2.36. The molecule has 0 saturated heterocycles. The van der Waals surface area contributed by atoms with Crippen LogP contribution in [0.1, 0.15) is 33.1 Å². The summed E-state index contributed by atoms with van der Waals surface area (Å²) in [6.45, 7) is 5.27. The van der Waals surface area contributed by atoms with Crippen molar-refractivity contribution in [1.82, 2.24) is 5.32 Å². The lowest BCUT2D eigenvalue weighted by Gasteiger charge is -2.12. The van der Waals surface area contributed by atoms with E-state index in [1.165, 1.54) is 6.07 Å². The molecule has 0 heterocycles. The zero-order valence-electron chi connectivity index (χ0n) is 11.1. The summed E-state index contributed by atoms with van der Waals surface area (Å²) >= 11 is 0. The lowest BCUT2D eigenvalue weighted by molar-refractivity contribution is 0.508. The minimum absolute atomic E-state index is 0.326. The van der Waals surface area contributed by atoms with Crippen LogP contribution in [0.3, 0.4) is 0 Å². The monoisotopic (exact) mass is 271 g/mol. The van der Waals surface area contributed by atoms with E-state index in [0.29, 0.717) is 16.7 Å². The fourth-order valence-corrected chi connectivity index (χ4v) is 2.92. The van der Waals surface area contributed by atoms with Crippen LogP contribution in [0, 0.1) is 5.82 Å². The van der Waals surface area contributed by atoms with E-state index in [-0.39, 0.29) is 5.82 Å². The smallest absolute Gasteiger partial charge is 0.139 e. The van der Waals surface area contributed by atoms with Crippen LogP contribution in [0.2, 0.25) is 0 Å². The van der Waals surface area contributed by atoms with Gasteiger partial charge in [0.2, 0.25) is 0 Å². The van der Waals surface area contributed by atoms with Gasteiger partial charge in [-0.3, -0.25) is 4.21 Å². The first-order valence-electron chi connectivity index (χ1n) is 6.51. The maximum absolute atomic E-state index is 13.4. The van der Waals surface area contributed by atoms with Crippen LogP contribution in [-0.2, 0) is 10.8 Å². The number of halogens is 1. The van der Waals surface area contributed by atoms with E-state index in [1.807, 2.05) is 0 Å². The number of hydrogen-bond donors (Lipinski definition) is 1. The molecule has 0 amide bonds. The predicted octanol–water partition coefficient (Wildman–Crippen LogP) is 3.10. The molecule has 4 heteroatoms. The largest absolute Gasteiger partial charge is 0.314 e. The standard InChI is InChI=1S/C14H22FNOS/c1-3-10-16-12(2)7-6-11-18(17)14-9-5-4-8-13(14)15/h4-5,8-9,12,16H,3,6-7,10-11H2,1-2H3. The van der Waals surface area contributed by atoms with Gasteiger partial charge in [-0.1, -0.05) is 19.1 Å². The van der Waals surface area contributed by atoms with Gasteiger partial charge in [0.1, 0.15) is 5.82 Å². The molecular weight excluding hydrogens is 249 g/mol. The second-order valence-corrected chi connectivity index (χ2v) is 6.02. The number of nitrogens with one attached hydrogen (secondary N) is 1. The average molecular weight is 271 g/mol. The Kier molecular flexibility index (Phi) is 7.13. The fourth-order valence-electron chi connectivity index (χ4n) is 1.75. The molecule has 0 fully saturated rings. The summed E-state index contributed by atoms with van der Waals surface area (Å²) in [5.41, 5.74) is 0. The van der Waals surface area contributed by atoms with Crippen molar-refractivity contribution in [2.45, 2.75) is 44.0 Å². The van der Waals surface area contributed by atoms with E-state index in [1.54, 1.807) is 18.2 Å². The van der Waals surface area contributed by atoms with Crippen LogP contribution in [0.5, 0.6) is 0 Å². The predicted molar refractivity (Wildman–Crippen MR) is 74.7 cm³/mol. The summed E-state index contributed by atoms with van der Waals surface area (Å²) < 4.78 is 25.3. The molecule has 1 aromatic rings. The normalized spacial score (nSPS) is 14.4. The van der Waals surface area contributed by atoms with Gasteiger partial charge >= 0.3 is 0 Å². The molecule has 0 aliphatic rings.